The van der Waals surface area contributed by atoms with Crippen molar-refractivity contribution in [3.05, 3.63) is 29.8 Å². The second-order valence-electron chi connectivity index (χ2n) is 4.19. The first-order valence-electron chi connectivity index (χ1n) is 6.22. The van der Waals surface area contributed by atoms with E-state index in [9.17, 15) is 5.11 Å². The Morgan fingerprint density at radius 3 is 2.17 bits per heavy atom. The van der Waals surface area contributed by atoms with Crippen LogP contribution < -0.4 is 4.74 Å². The molecule has 0 saturated carbocycles. The molecule has 0 fully saturated rings. The standard InChI is InChI=1S/C14H23NO2.ClH/c1-4-15(5-2)11-13(16)10-12-6-8-14(17-3)9-7-12;/h6-9,13,16H,4-5,10-11H2,1-3H3;1H. The number of ether oxygens (including phenoxy) is 1. The summed E-state index contributed by atoms with van der Waals surface area (Å²) in [6.07, 6.45) is 0.392. The second kappa shape index (κ2) is 9.20. The number of halogens is 1. The highest BCUT2D eigenvalue weighted by atomic mass is 35.5. The molecule has 4 heteroatoms. The number of methoxy groups -OCH3 is 1. The van der Waals surface area contributed by atoms with Gasteiger partial charge in [-0.05, 0) is 37.2 Å². The average molecular weight is 274 g/mol. The molecule has 3 nitrogen and oxygen atoms in total. The first kappa shape index (κ1) is 17.2. The number of aliphatic hydroxyl groups is 1. The molecule has 1 rings (SSSR count). The molecule has 0 heterocycles. The number of hydrogen-bond donors (Lipinski definition) is 1. The first-order chi connectivity index (χ1) is 8.19. The number of likely N-dealkylation sites (N-methyl/N-ethyl adjacent to an activating group) is 1. The van der Waals surface area contributed by atoms with Gasteiger partial charge in [0.15, 0.2) is 0 Å². The van der Waals surface area contributed by atoms with E-state index in [0.29, 0.717) is 6.42 Å². The van der Waals surface area contributed by atoms with Crippen molar-refractivity contribution in [1.82, 2.24) is 4.90 Å². The molecule has 0 amide bonds. The summed E-state index contributed by atoms with van der Waals surface area (Å²) in [7, 11) is 1.66. The molecule has 0 radical (unpaired) electrons. The van der Waals surface area contributed by atoms with Crippen molar-refractivity contribution in [3.63, 3.8) is 0 Å². The van der Waals surface area contributed by atoms with Crippen LogP contribution in [0.1, 0.15) is 19.4 Å². The third-order valence-corrected chi connectivity index (χ3v) is 2.99. The maximum absolute atomic E-state index is 9.99. The van der Waals surface area contributed by atoms with Crippen LogP contribution in [0.3, 0.4) is 0 Å². The zero-order valence-electron chi connectivity index (χ0n) is 11.4. The molecule has 0 bridgehead atoms. The maximum atomic E-state index is 9.99. The van der Waals surface area contributed by atoms with Crippen molar-refractivity contribution in [2.45, 2.75) is 26.4 Å². The molecule has 1 atom stereocenters. The normalized spacial score (nSPS) is 12.1. The average Bonchev–Trinajstić information content (AvgIpc) is 2.37. The van der Waals surface area contributed by atoms with Crippen LogP contribution in [0.2, 0.25) is 0 Å². The van der Waals surface area contributed by atoms with E-state index in [4.69, 9.17) is 4.74 Å². The third kappa shape index (κ3) is 5.71. The van der Waals surface area contributed by atoms with Gasteiger partial charge in [-0.2, -0.15) is 0 Å². The maximum Gasteiger partial charge on any atom is 0.118 e. The lowest BCUT2D eigenvalue weighted by Crippen LogP contribution is -2.33. The molecule has 1 unspecified atom stereocenters. The number of rotatable bonds is 7. The van der Waals surface area contributed by atoms with E-state index in [1.807, 2.05) is 24.3 Å². The summed E-state index contributed by atoms with van der Waals surface area (Å²) >= 11 is 0. The highest BCUT2D eigenvalue weighted by molar-refractivity contribution is 5.85. The second-order valence-corrected chi connectivity index (χ2v) is 4.19. The van der Waals surface area contributed by atoms with Gasteiger partial charge < -0.3 is 14.7 Å². The topological polar surface area (TPSA) is 32.7 Å². The lowest BCUT2D eigenvalue weighted by molar-refractivity contribution is 0.118. The van der Waals surface area contributed by atoms with Gasteiger partial charge in [0.2, 0.25) is 0 Å². The molecule has 0 aliphatic heterocycles. The smallest absolute Gasteiger partial charge is 0.118 e. The summed E-state index contributed by atoms with van der Waals surface area (Å²) in [5, 5.41) is 9.99. The van der Waals surface area contributed by atoms with Crippen LogP contribution in [0.4, 0.5) is 0 Å². The summed E-state index contributed by atoms with van der Waals surface area (Å²) in [5.74, 6) is 0.854. The molecule has 0 aliphatic rings. The number of hydrogen-bond acceptors (Lipinski definition) is 3. The minimum absolute atomic E-state index is 0. The Balaban J connectivity index is 0.00000289. The Kier molecular flexibility index (Phi) is 8.81. The molecular weight excluding hydrogens is 250 g/mol. The first-order valence-corrected chi connectivity index (χ1v) is 6.22. The quantitative estimate of drug-likeness (QED) is 0.828. The molecule has 1 N–H and O–H groups in total. The predicted molar refractivity (Wildman–Crippen MR) is 77.7 cm³/mol. The fourth-order valence-electron chi connectivity index (χ4n) is 1.88. The number of benzene rings is 1. The minimum atomic E-state index is -0.303. The van der Waals surface area contributed by atoms with Crippen LogP contribution in [0.15, 0.2) is 24.3 Å². The van der Waals surface area contributed by atoms with Crippen LogP contribution in [-0.2, 0) is 6.42 Å². The summed E-state index contributed by atoms with van der Waals surface area (Å²) in [6.45, 7) is 6.93. The zero-order valence-corrected chi connectivity index (χ0v) is 12.2. The van der Waals surface area contributed by atoms with Gasteiger partial charge in [-0.15, -0.1) is 12.4 Å². The van der Waals surface area contributed by atoms with E-state index in [0.717, 1.165) is 30.9 Å². The van der Waals surface area contributed by atoms with Gasteiger partial charge in [0.25, 0.3) is 0 Å². The molecular formula is C14H24ClNO2. The SMILES string of the molecule is CCN(CC)CC(O)Cc1ccc(OC)cc1.Cl. The molecule has 1 aromatic carbocycles. The van der Waals surface area contributed by atoms with Crippen LogP contribution >= 0.6 is 12.4 Å². The van der Waals surface area contributed by atoms with E-state index >= 15 is 0 Å². The number of aliphatic hydroxyl groups excluding tert-OH is 1. The van der Waals surface area contributed by atoms with E-state index < -0.39 is 0 Å². The van der Waals surface area contributed by atoms with Crippen molar-refractivity contribution >= 4 is 12.4 Å². The Morgan fingerprint density at radius 1 is 1.17 bits per heavy atom. The highest BCUT2D eigenvalue weighted by Crippen LogP contribution is 2.13. The van der Waals surface area contributed by atoms with Crippen molar-refractivity contribution in [2.75, 3.05) is 26.7 Å². The lowest BCUT2D eigenvalue weighted by Gasteiger charge is -2.21. The summed E-state index contributed by atoms with van der Waals surface area (Å²) in [6, 6.07) is 7.87. The van der Waals surface area contributed by atoms with Gasteiger partial charge in [-0.3, -0.25) is 0 Å². The molecule has 0 aromatic heterocycles. The fourth-order valence-corrected chi connectivity index (χ4v) is 1.88. The Morgan fingerprint density at radius 2 is 1.72 bits per heavy atom. The predicted octanol–water partition coefficient (Wildman–Crippen LogP) is 2.36. The number of nitrogens with zero attached hydrogens (tertiary/aromatic N) is 1. The van der Waals surface area contributed by atoms with Crippen LogP contribution in [0.25, 0.3) is 0 Å². The van der Waals surface area contributed by atoms with Crippen LogP contribution in [-0.4, -0.2) is 42.9 Å². The summed E-state index contributed by atoms with van der Waals surface area (Å²) in [5.41, 5.74) is 1.14. The lowest BCUT2D eigenvalue weighted by atomic mass is 10.1. The largest absolute Gasteiger partial charge is 0.497 e. The Hall–Kier alpha value is -0.770. The van der Waals surface area contributed by atoms with Gasteiger partial charge in [-0.1, -0.05) is 26.0 Å². The summed E-state index contributed by atoms with van der Waals surface area (Å²) in [4.78, 5) is 2.23. The van der Waals surface area contributed by atoms with Crippen molar-refractivity contribution in [1.29, 1.82) is 0 Å². The monoisotopic (exact) mass is 273 g/mol. The van der Waals surface area contributed by atoms with Crippen LogP contribution in [0.5, 0.6) is 5.75 Å². The minimum Gasteiger partial charge on any atom is -0.497 e. The fraction of sp³-hybridized carbons (Fsp3) is 0.571. The van der Waals surface area contributed by atoms with Gasteiger partial charge in [0.05, 0.1) is 13.2 Å². The molecule has 0 spiro atoms. The van der Waals surface area contributed by atoms with E-state index in [1.165, 1.54) is 0 Å². The third-order valence-electron chi connectivity index (χ3n) is 2.99. The highest BCUT2D eigenvalue weighted by Gasteiger charge is 2.09. The molecule has 104 valence electrons. The Labute approximate surface area is 116 Å². The van der Waals surface area contributed by atoms with Gasteiger partial charge in [0.1, 0.15) is 5.75 Å². The molecule has 0 aliphatic carbocycles. The summed E-state index contributed by atoms with van der Waals surface area (Å²) < 4.78 is 5.10. The molecule has 0 saturated heterocycles. The van der Waals surface area contributed by atoms with Gasteiger partial charge in [0, 0.05) is 6.54 Å². The zero-order chi connectivity index (χ0) is 12.7. The van der Waals surface area contributed by atoms with Crippen LogP contribution in [0, 0.1) is 0 Å². The van der Waals surface area contributed by atoms with E-state index in [1.54, 1.807) is 7.11 Å². The van der Waals surface area contributed by atoms with Crippen molar-refractivity contribution in [3.8, 4) is 5.75 Å². The van der Waals surface area contributed by atoms with E-state index in [-0.39, 0.29) is 18.5 Å². The molecule has 1 aromatic rings. The van der Waals surface area contributed by atoms with Crippen molar-refractivity contribution in [2.24, 2.45) is 0 Å². The molecule has 18 heavy (non-hydrogen) atoms. The van der Waals surface area contributed by atoms with Gasteiger partial charge >= 0.3 is 0 Å². The van der Waals surface area contributed by atoms with E-state index in [2.05, 4.69) is 18.7 Å². The Bertz CT molecular complexity index is 312. The van der Waals surface area contributed by atoms with Crippen molar-refractivity contribution < 1.29 is 9.84 Å². The van der Waals surface area contributed by atoms with Gasteiger partial charge in [-0.25, -0.2) is 0 Å².